The molecule has 0 radical (unpaired) electrons. The van der Waals surface area contributed by atoms with E-state index in [1.54, 1.807) is 6.20 Å². The minimum absolute atomic E-state index is 0.140. The van der Waals surface area contributed by atoms with Crippen LogP contribution in [0.3, 0.4) is 0 Å². The van der Waals surface area contributed by atoms with E-state index in [1.807, 2.05) is 4.68 Å². The Morgan fingerprint density at radius 1 is 1.00 bits per heavy atom. The normalized spacial score (nSPS) is 25.8. The molecule has 4 fully saturated rings. The number of carbonyl (C=O) groups excluding carboxylic acids is 2. The maximum atomic E-state index is 13.6. The van der Waals surface area contributed by atoms with Gasteiger partial charge in [0.2, 0.25) is 5.91 Å². The molecule has 4 aliphatic rings. The maximum Gasteiger partial charge on any atom is 0.341 e. The quantitative estimate of drug-likeness (QED) is 0.484. The Hall–Kier alpha value is -2.63. The van der Waals surface area contributed by atoms with Crippen LogP contribution in [0.2, 0.25) is 0 Å². The lowest BCUT2D eigenvalue weighted by Gasteiger charge is -2.42. The van der Waals surface area contributed by atoms with Crippen LogP contribution in [0.5, 0.6) is 0 Å². The van der Waals surface area contributed by atoms with Gasteiger partial charge < -0.3 is 9.64 Å². The van der Waals surface area contributed by atoms with Crippen molar-refractivity contribution in [1.29, 1.82) is 0 Å². The van der Waals surface area contributed by atoms with Gasteiger partial charge in [0, 0.05) is 24.9 Å². The van der Waals surface area contributed by atoms with Gasteiger partial charge in [0.05, 0.1) is 24.7 Å². The van der Waals surface area contributed by atoms with Crippen LogP contribution in [0, 0.1) is 11.3 Å². The first-order valence-electron chi connectivity index (χ1n) is 14.1. The predicted molar refractivity (Wildman–Crippen MR) is 138 cm³/mol. The lowest BCUT2D eigenvalue weighted by Crippen LogP contribution is -2.47. The lowest BCUT2D eigenvalue weighted by atomic mass is 9.75. The zero-order valence-electron chi connectivity index (χ0n) is 21.6. The molecule has 6 rings (SSSR count). The van der Waals surface area contributed by atoms with Crippen LogP contribution in [0.4, 0.5) is 0 Å². The number of hydrogen-bond acceptors (Lipinski definition) is 4. The van der Waals surface area contributed by atoms with Crippen molar-refractivity contribution in [3.63, 3.8) is 0 Å². The summed E-state index contributed by atoms with van der Waals surface area (Å²) in [5, 5.41) is 4.60. The molecule has 6 heteroatoms. The van der Waals surface area contributed by atoms with E-state index < -0.39 is 0 Å². The molecule has 2 atom stereocenters. The molecule has 0 N–H and O–H groups in total. The van der Waals surface area contributed by atoms with Crippen molar-refractivity contribution >= 4 is 11.9 Å². The van der Waals surface area contributed by atoms with Crippen molar-refractivity contribution in [3.05, 3.63) is 47.3 Å². The Morgan fingerprint density at radius 2 is 1.81 bits per heavy atom. The second-order valence-electron chi connectivity index (χ2n) is 11.8. The van der Waals surface area contributed by atoms with E-state index in [2.05, 4.69) is 34.3 Å². The van der Waals surface area contributed by atoms with Crippen molar-refractivity contribution in [2.24, 2.45) is 11.3 Å². The van der Waals surface area contributed by atoms with Crippen molar-refractivity contribution < 1.29 is 14.3 Å². The average Bonchev–Trinajstić information content (AvgIpc) is 3.51. The second kappa shape index (κ2) is 9.68. The molecule has 2 unspecified atom stereocenters. The van der Waals surface area contributed by atoms with E-state index in [-0.39, 0.29) is 11.9 Å². The Balaban J connectivity index is 1.19. The van der Waals surface area contributed by atoms with Gasteiger partial charge in [0.1, 0.15) is 5.56 Å². The number of methoxy groups -OCH3 is 1. The number of esters is 1. The van der Waals surface area contributed by atoms with E-state index in [4.69, 9.17) is 4.74 Å². The second-order valence-corrected chi connectivity index (χ2v) is 11.8. The zero-order chi connectivity index (χ0) is 24.7. The van der Waals surface area contributed by atoms with E-state index >= 15 is 0 Å². The number of benzene rings is 1. The molecular formula is C30H39N3O3. The van der Waals surface area contributed by atoms with Gasteiger partial charge in [-0.2, -0.15) is 5.10 Å². The SMILES string of the molecule is COC(=O)c1cnn(-c2cccc(C3CCCC(C(=O)N4CCCC5(CCCC5)C4)C3)c2)c1C1CC1. The van der Waals surface area contributed by atoms with Crippen molar-refractivity contribution in [1.82, 2.24) is 14.7 Å². The summed E-state index contributed by atoms with van der Waals surface area (Å²) >= 11 is 0. The van der Waals surface area contributed by atoms with E-state index in [9.17, 15) is 9.59 Å². The molecule has 3 saturated carbocycles. The Kier molecular flexibility index (Phi) is 6.38. The first-order chi connectivity index (χ1) is 17.6. The third-order valence-electron chi connectivity index (χ3n) is 9.42. The molecule has 1 spiro atoms. The predicted octanol–water partition coefficient (Wildman–Crippen LogP) is 5.99. The number of hydrogen-bond donors (Lipinski definition) is 0. The molecule has 1 aliphatic heterocycles. The Labute approximate surface area is 214 Å². The zero-order valence-corrected chi connectivity index (χ0v) is 21.6. The standard InChI is InChI=1S/C30H39N3O3/c1-36-29(35)26-19-31-33(27(26)21-11-12-21)25-10-5-8-23(18-25)22-7-4-9-24(17-22)28(34)32-16-6-15-30(20-32)13-2-3-14-30/h5,8,10,18-19,21-22,24H,2-4,6-7,9,11-17,20H2,1H3. The molecule has 0 bridgehead atoms. The number of likely N-dealkylation sites (tertiary alicyclic amines) is 1. The van der Waals surface area contributed by atoms with Crippen LogP contribution in [-0.4, -0.2) is 46.8 Å². The number of ether oxygens (including phenoxy) is 1. The number of carbonyl (C=O) groups is 2. The Bertz CT molecular complexity index is 1130. The summed E-state index contributed by atoms with van der Waals surface area (Å²) in [6.45, 7) is 1.94. The average molecular weight is 490 g/mol. The smallest absolute Gasteiger partial charge is 0.341 e. The summed E-state index contributed by atoms with van der Waals surface area (Å²) in [5.74, 6) is 0.992. The van der Waals surface area contributed by atoms with Crippen LogP contribution >= 0.6 is 0 Å². The molecule has 1 saturated heterocycles. The van der Waals surface area contributed by atoms with E-state index in [1.165, 1.54) is 51.2 Å². The minimum Gasteiger partial charge on any atom is -0.465 e. The number of amides is 1. The molecule has 1 amide bonds. The van der Waals surface area contributed by atoms with Crippen LogP contribution in [0.25, 0.3) is 5.69 Å². The lowest BCUT2D eigenvalue weighted by molar-refractivity contribution is -0.140. The number of aromatic nitrogens is 2. The largest absolute Gasteiger partial charge is 0.465 e. The van der Waals surface area contributed by atoms with Gasteiger partial charge in [-0.15, -0.1) is 0 Å². The fourth-order valence-corrected chi connectivity index (χ4v) is 7.40. The Morgan fingerprint density at radius 3 is 2.58 bits per heavy atom. The fourth-order valence-electron chi connectivity index (χ4n) is 7.40. The highest BCUT2D eigenvalue weighted by Gasteiger charge is 2.41. The molecule has 192 valence electrons. The van der Waals surface area contributed by atoms with Crippen molar-refractivity contribution in [2.45, 2.75) is 88.9 Å². The van der Waals surface area contributed by atoms with Gasteiger partial charge in [-0.3, -0.25) is 4.79 Å². The molecule has 6 nitrogen and oxygen atoms in total. The monoisotopic (exact) mass is 489 g/mol. The molecule has 2 aromatic rings. The fraction of sp³-hybridized carbons (Fsp3) is 0.633. The van der Waals surface area contributed by atoms with E-state index in [0.717, 1.165) is 63.0 Å². The van der Waals surface area contributed by atoms with Crippen LogP contribution < -0.4 is 0 Å². The van der Waals surface area contributed by atoms with Crippen LogP contribution in [0.15, 0.2) is 30.5 Å². The van der Waals surface area contributed by atoms with Crippen LogP contribution in [0.1, 0.15) is 111 Å². The highest BCUT2D eigenvalue weighted by Crippen LogP contribution is 2.46. The summed E-state index contributed by atoms with van der Waals surface area (Å²) in [5.41, 5.74) is 4.25. The van der Waals surface area contributed by atoms with Crippen molar-refractivity contribution in [3.8, 4) is 5.69 Å². The molecule has 3 aliphatic carbocycles. The summed E-state index contributed by atoms with van der Waals surface area (Å²) in [6.07, 6.45) is 15.8. The first-order valence-corrected chi connectivity index (χ1v) is 14.1. The molecule has 2 heterocycles. The molecular weight excluding hydrogens is 450 g/mol. The van der Waals surface area contributed by atoms with Gasteiger partial charge in [-0.1, -0.05) is 31.4 Å². The van der Waals surface area contributed by atoms with Crippen LogP contribution in [-0.2, 0) is 9.53 Å². The number of nitrogens with zero attached hydrogens (tertiary/aromatic N) is 3. The molecule has 36 heavy (non-hydrogen) atoms. The van der Waals surface area contributed by atoms with Gasteiger partial charge in [-0.25, -0.2) is 9.48 Å². The highest BCUT2D eigenvalue weighted by molar-refractivity contribution is 5.91. The first kappa shape index (κ1) is 23.7. The van der Waals surface area contributed by atoms with Gasteiger partial charge in [0.25, 0.3) is 0 Å². The van der Waals surface area contributed by atoms with E-state index in [0.29, 0.717) is 28.7 Å². The minimum atomic E-state index is -0.315. The summed E-state index contributed by atoms with van der Waals surface area (Å²) in [6, 6.07) is 8.60. The topological polar surface area (TPSA) is 64.4 Å². The molecule has 1 aromatic heterocycles. The highest BCUT2D eigenvalue weighted by atomic mass is 16.5. The van der Waals surface area contributed by atoms with Crippen molar-refractivity contribution in [2.75, 3.05) is 20.2 Å². The number of rotatable bonds is 5. The van der Waals surface area contributed by atoms with Gasteiger partial charge >= 0.3 is 5.97 Å². The maximum absolute atomic E-state index is 13.6. The third kappa shape index (κ3) is 4.48. The summed E-state index contributed by atoms with van der Waals surface area (Å²) in [7, 11) is 1.43. The third-order valence-corrected chi connectivity index (χ3v) is 9.42. The summed E-state index contributed by atoms with van der Waals surface area (Å²) < 4.78 is 6.95. The number of piperidine rings is 1. The molecule has 1 aromatic carbocycles. The van der Waals surface area contributed by atoms with Gasteiger partial charge in [0.15, 0.2) is 0 Å². The van der Waals surface area contributed by atoms with Gasteiger partial charge in [-0.05, 0) is 86.8 Å². The summed E-state index contributed by atoms with van der Waals surface area (Å²) in [4.78, 5) is 28.2.